The Hall–Kier alpha value is -3.12. The van der Waals surface area contributed by atoms with E-state index in [1.54, 1.807) is 23.1 Å². The molecule has 0 saturated carbocycles. The van der Waals surface area contributed by atoms with Gasteiger partial charge < -0.3 is 14.8 Å². The number of amides is 1. The van der Waals surface area contributed by atoms with Crippen molar-refractivity contribution >= 4 is 11.6 Å². The number of aromatic nitrogens is 2. The second-order valence-corrected chi connectivity index (χ2v) is 8.11. The first kappa shape index (κ1) is 21.6. The molecule has 0 fully saturated rings. The predicted molar refractivity (Wildman–Crippen MR) is 118 cm³/mol. The average molecular weight is 408 g/mol. The molecule has 2 aromatic carbocycles. The summed E-state index contributed by atoms with van der Waals surface area (Å²) in [6, 6.07) is 15.6. The van der Waals surface area contributed by atoms with Gasteiger partial charge in [0.25, 0.3) is 5.91 Å². The standard InChI is InChI=1S/C24H29N3O3/c1-5-29-17-27-15-21(14-25-27)26-23(28)19-8-6-7-18(13-19)16-30-22-11-9-20(10-12-22)24(2,3)4/h6-15H,5,16-17H2,1-4H3,(H,26,28). The molecule has 0 aliphatic carbocycles. The highest BCUT2D eigenvalue weighted by atomic mass is 16.5. The van der Waals surface area contributed by atoms with Gasteiger partial charge in [0.05, 0.1) is 18.1 Å². The lowest BCUT2D eigenvalue weighted by atomic mass is 9.87. The molecule has 0 aliphatic rings. The molecule has 3 rings (SSSR count). The third-order valence-electron chi connectivity index (χ3n) is 4.63. The molecule has 6 heteroatoms. The first-order chi connectivity index (χ1) is 14.3. The van der Waals surface area contributed by atoms with Gasteiger partial charge in [-0.15, -0.1) is 0 Å². The Bertz CT molecular complexity index is 972. The van der Waals surface area contributed by atoms with Crippen LogP contribution in [0.2, 0.25) is 0 Å². The number of hydrogen-bond donors (Lipinski definition) is 1. The second kappa shape index (κ2) is 9.59. The zero-order valence-electron chi connectivity index (χ0n) is 18.0. The van der Waals surface area contributed by atoms with E-state index in [-0.39, 0.29) is 11.3 Å². The van der Waals surface area contributed by atoms with Crippen molar-refractivity contribution in [2.24, 2.45) is 0 Å². The molecule has 0 bridgehead atoms. The summed E-state index contributed by atoms with van der Waals surface area (Å²) in [6.45, 7) is 9.83. The fraction of sp³-hybridized carbons (Fsp3) is 0.333. The summed E-state index contributed by atoms with van der Waals surface area (Å²) >= 11 is 0. The van der Waals surface area contributed by atoms with Gasteiger partial charge in [-0.25, -0.2) is 4.68 Å². The van der Waals surface area contributed by atoms with Crippen molar-refractivity contribution in [3.05, 3.63) is 77.6 Å². The molecule has 0 unspecified atom stereocenters. The lowest BCUT2D eigenvalue weighted by Crippen LogP contribution is -2.12. The SMILES string of the molecule is CCOCn1cc(NC(=O)c2cccc(COc3ccc(C(C)(C)C)cc3)c2)cn1. The monoisotopic (exact) mass is 407 g/mol. The predicted octanol–water partition coefficient (Wildman–Crippen LogP) is 5.01. The van der Waals surface area contributed by atoms with Crippen LogP contribution in [0.5, 0.6) is 5.75 Å². The third-order valence-corrected chi connectivity index (χ3v) is 4.63. The zero-order valence-corrected chi connectivity index (χ0v) is 18.0. The maximum absolute atomic E-state index is 12.6. The van der Waals surface area contributed by atoms with Crippen LogP contribution >= 0.6 is 0 Å². The fourth-order valence-electron chi connectivity index (χ4n) is 2.91. The number of carbonyl (C=O) groups excluding carboxylic acids is 1. The Balaban J connectivity index is 1.58. The van der Waals surface area contributed by atoms with E-state index >= 15 is 0 Å². The van der Waals surface area contributed by atoms with Crippen LogP contribution in [0.25, 0.3) is 0 Å². The Kier molecular flexibility index (Phi) is 6.90. The molecule has 6 nitrogen and oxygen atoms in total. The summed E-state index contributed by atoms with van der Waals surface area (Å²) in [6.07, 6.45) is 3.34. The van der Waals surface area contributed by atoms with E-state index in [1.807, 2.05) is 37.3 Å². The third kappa shape index (κ3) is 5.94. The van der Waals surface area contributed by atoms with E-state index in [0.29, 0.717) is 31.2 Å². The first-order valence-corrected chi connectivity index (χ1v) is 10.1. The van der Waals surface area contributed by atoms with Crippen molar-refractivity contribution in [2.75, 3.05) is 11.9 Å². The number of carbonyl (C=O) groups is 1. The number of hydrogen-bond acceptors (Lipinski definition) is 4. The minimum Gasteiger partial charge on any atom is -0.489 e. The van der Waals surface area contributed by atoms with Gasteiger partial charge in [-0.3, -0.25) is 4.79 Å². The molecule has 158 valence electrons. The van der Waals surface area contributed by atoms with Crippen LogP contribution in [0.1, 0.15) is 49.2 Å². The average Bonchev–Trinajstić information content (AvgIpc) is 3.18. The normalized spacial score (nSPS) is 11.3. The minimum absolute atomic E-state index is 0.111. The van der Waals surface area contributed by atoms with Crippen LogP contribution in [-0.4, -0.2) is 22.3 Å². The quantitative estimate of drug-likeness (QED) is 0.570. The molecular formula is C24H29N3O3. The summed E-state index contributed by atoms with van der Waals surface area (Å²) in [5.74, 6) is 0.613. The van der Waals surface area contributed by atoms with Gasteiger partial charge in [0.1, 0.15) is 19.1 Å². The smallest absolute Gasteiger partial charge is 0.255 e. The maximum atomic E-state index is 12.6. The molecule has 30 heavy (non-hydrogen) atoms. The Morgan fingerprint density at radius 1 is 1.13 bits per heavy atom. The van der Waals surface area contributed by atoms with E-state index in [9.17, 15) is 4.79 Å². The zero-order chi connectivity index (χ0) is 21.6. The minimum atomic E-state index is -0.192. The summed E-state index contributed by atoms with van der Waals surface area (Å²) in [5.41, 5.74) is 3.49. The van der Waals surface area contributed by atoms with Gasteiger partial charge >= 0.3 is 0 Å². The van der Waals surface area contributed by atoms with Crippen LogP contribution in [0, 0.1) is 0 Å². The van der Waals surface area contributed by atoms with Crippen LogP contribution in [0.3, 0.4) is 0 Å². The van der Waals surface area contributed by atoms with Crippen LogP contribution in [0.15, 0.2) is 60.9 Å². The summed E-state index contributed by atoms with van der Waals surface area (Å²) < 4.78 is 12.8. The number of rotatable bonds is 8. The summed E-state index contributed by atoms with van der Waals surface area (Å²) in [7, 11) is 0. The first-order valence-electron chi connectivity index (χ1n) is 10.1. The number of ether oxygens (including phenoxy) is 2. The molecule has 1 amide bonds. The molecule has 0 spiro atoms. The topological polar surface area (TPSA) is 65.4 Å². The molecule has 0 aliphatic heterocycles. The van der Waals surface area contributed by atoms with Crippen molar-refractivity contribution in [1.82, 2.24) is 9.78 Å². The van der Waals surface area contributed by atoms with Crippen LogP contribution < -0.4 is 10.1 Å². The lowest BCUT2D eigenvalue weighted by Gasteiger charge is -2.19. The summed E-state index contributed by atoms with van der Waals surface area (Å²) in [5, 5.41) is 7.02. The highest BCUT2D eigenvalue weighted by Gasteiger charge is 2.13. The molecule has 0 saturated heterocycles. The number of benzene rings is 2. The number of nitrogens with one attached hydrogen (secondary N) is 1. The number of nitrogens with zero attached hydrogens (tertiary/aromatic N) is 2. The van der Waals surface area contributed by atoms with Crippen LogP contribution in [0.4, 0.5) is 5.69 Å². The lowest BCUT2D eigenvalue weighted by molar-refractivity contribution is 0.0792. The van der Waals surface area contributed by atoms with Gasteiger partial charge in [-0.1, -0.05) is 45.0 Å². The second-order valence-electron chi connectivity index (χ2n) is 8.11. The Morgan fingerprint density at radius 3 is 2.60 bits per heavy atom. The van der Waals surface area contributed by atoms with E-state index in [0.717, 1.165) is 11.3 Å². The molecule has 1 heterocycles. The van der Waals surface area contributed by atoms with Crippen molar-refractivity contribution in [3.8, 4) is 5.75 Å². The van der Waals surface area contributed by atoms with E-state index in [1.165, 1.54) is 5.56 Å². The highest BCUT2D eigenvalue weighted by Crippen LogP contribution is 2.24. The van der Waals surface area contributed by atoms with Gasteiger partial charge in [0.2, 0.25) is 0 Å². The molecule has 3 aromatic rings. The Morgan fingerprint density at radius 2 is 1.90 bits per heavy atom. The van der Waals surface area contributed by atoms with Gasteiger partial charge in [0, 0.05) is 12.2 Å². The summed E-state index contributed by atoms with van der Waals surface area (Å²) in [4.78, 5) is 12.6. The van der Waals surface area contributed by atoms with Crippen molar-refractivity contribution in [3.63, 3.8) is 0 Å². The van der Waals surface area contributed by atoms with E-state index < -0.39 is 0 Å². The van der Waals surface area contributed by atoms with E-state index in [2.05, 4.69) is 43.3 Å². The highest BCUT2D eigenvalue weighted by molar-refractivity contribution is 6.04. The Labute approximate surface area is 177 Å². The van der Waals surface area contributed by atoms with Gasteiger partial charge in [-0.05, 0) is 47.7 Å². The van der Waals surface area contributed by atoms with Crippen molar-refractivity contribution < 1.29 is 14.3 Å². The molecule has 1 N–H and O–H groups in total. The molecular weight excluding hydrogens is 378 g/mol. The van der Waals surface area contributed by atoms with Crippen molar-refractivity contribution in [2.45, 2.75) is 46.4 Å². The largest absolute Gasteiger partial charge is 0.489 e. The van der Waals surface area contributed by atoms with E-state index in [4.69, 9.17) is 9.47 Å². The van der Waals surface area contributed by atoms with Crippen LogP contribution in [-0.2, 0) is 23.5 Å². The molecule has 1 aromatic heterocycles. The molecule has 0 atom stereocenters. The molecule has 0 radical (unpaired) electrons. The number of anilines is 1. The van der Waals surface area contributed by atoms with Gasteiger partial charge in [-0.2, -0.15) is 5.10 Å². The fourth-order valence-corrected chi connectivity index (χ4v) is 2.91. The van der Waals surface area contributed by atoms with Gasteiger partial charge in [0.15, 0.2) is 0 Å². The maximum Gasteiger partial charge on any atom is 0.255 e. The van der Waals surface area contributed by atoms with Crippen molar-refractivity contribution in [1.29, 1.82) is 0 Å².